The highest BCUT2D eigenvalue weighted by Crippen LogP contribution is 2.55. The first kappa shape index (κ1) is 12.8. The van der Waals surface area contributed by atoms with Crippen molar-refractivity contribution in [2.75, 3.05) is 0 Å². The molecule has 0 aliphatic heterocycles. The van der Waals surface area contributed by atoms with E-state index in [1.54, 1.807) is 0 Å². The summed E-state index contributed by atoms with van der Waals surface area (Å²) in [7, 11) is 0. The van der Waals surface area contributed by atoms with Crippen molar-refractivity contribution in [1.29, 1.82) is 0 Å². The molecule has 0 aromatic heterocycles. The molecule has 0 bridgehead atoms. The van der Waals surface area contributed by atoms with E-state index in [0.717, 1.165) is 24.8 Å². The number of ketones is 1. The van der Waals surface area contributed by atoms with Crippen LogP contribution in [0.15, 0.2) is 11.6 Å². The lowest BCUT2D eigenvalue weighted by atomic mass is 9.53. The van der Waals surface area contributed by atoms with Crippen LogP contribution in [0.5, 0.6) is 0 Å². The normalized spacial score (nSPS) is 41.5. The number of allylic oxidation sites excluding steroid dienone is 1. The maximum atomic E-state index is 12.6. The second-order valence-corrected chi connectivity index (χ2v) is 6.78. The van der Waals surface area contributed by atoms with E-state index in [9.17, 15) is 9.90 Å². The van der Waals surface area contributed by atoms with Crippen molar-refractivity contribution in [3.8, 4) is 0 Å². The SMILES string of the molecule is CC1=CC[C@@H](O)[C@]2(C)CCCC(C)(C)[C@H]2C1=O. The summed E-state index contributed by atoms with van der Waals surface area (Å²) in [5.74, 6) is 0.228. The number of aliphatic hydroxyl groups excluding tert-OH is 1. The quantitative estimate of drug-likeness (QED) is 0.701. The predicted octanol–water partition coefficient (Wildman–Crippen LogP) is 3.10. The smallest absolute Gasteiger partial charge is 0.162 e. The summed E-state index contributed by atoms with van der Waals surface area (Å²) in [5, 5.41) is 10.4. The molecule has 2 aliphatic rings. The van der Waals surface area contributed by atoms with Gasteiger partial charge >= 0.3 is 0 Å². The molecule has 2 rings (SSSR count). The first-order chi connectivity index (χ1) is 7.79. The molecule has 2 nitrogen and oxygen atoms in total. The summed E-state index contributed by atoms with van der Waals surface area (Å²) in [4.78, 5) is 12.6. The zero-order valence-corrected chi connectivity index (χ0v) is 11.4. The van der Waals surface area contributed by atoms with E-state index in [-0.39, 0.29) is 28.6 Å². The Morgan fingerprint density at radius 3 is 2.59 bits per heavy atom. The second-order valence-electron chi connectivity index (χ2n) is 6.78. The van der Waals surface area contributed by atoms with Crippen LogP contribution in [-0.4, -0.2) is 17.0 Å². The van der Waals surface area contributed by atoms with E-state index >= 15 is 0 Å². The summed E-state index contributed by atoms with van der Waals surface area (Å²) in [6.45, 7) is 8.36. The molecule has 0 aromatic rings. The molecule has 2 aliphatic carbocycles. The van der Waals surface area contributed by atoms with E-state index in [1.807, 2.05) is 13.0 Å². The number of aliphatic hydroxyl groups is 1. The molecule has 0 heterocycles. The number of carbonyl (C=O) groups excluding carboxylic acids is 1. The minimum absolute atomic E-state index is 0.00447. The van der Waals surface area contributed by atoms with E-state index in [2.05, 4.69) is 20.8 Å². The molecular weight excluding hydrogens is 212 g/mol. The summed E-state index contributed by atoms with van der Waals surface area (Å²) >= 11 is 0. The van der Waals surface area contributed by atoms with Crippen LogP contribution in [0, 0.1) is 16.7 Å². The van der Waals surface area contributed by atoms with Crippen LogP contribution in [-0.2, 0) is 4.79 Å². The standard InChI is InChI=1S/C15H24O2/c1-10-6-7-11(16)15(4)9-5-8-14(2,3)13(15)12(10)17/h6,11,13,16H,5,7-9H2,1-4H3/t11-,13-,15+/m1/s1. The summed E-state index contributed by atoms with van der Waals surface area (Å²) < 4.78 is 0. The molecular formula is C15H24O2. The first-order valence-electron chi connectivity index (χ1n) is 6.68. The van der Waals surface area contributed by atoms with Gasteiger partial charge in [0.25, 0.3) is 0 Å². The Hall–Kier alpha value is -0.630. The van der Waals surface area contributed by atoms with E-state index in [4.69, 9.17) is 0 Å². The van der Waals surface area contributed by atoms with Crippen molar-refractivity contribution in [2.45, 2.75) is 59.5 Å². The summed E-state index contributed by atoms with van der Waals surface area (Å²) in [6.07, 6.45) is 5.33. The molecule has 0 aromatic carbocycles. The first-order valence-corrected chi connectivity index (χ1v) is 6.68. The Balaban J connectivity index is 2.50. The molecule has 1 saturated carbocycles. The topological polar surface area (TPSA) is 37.3 Å². The minimum atomic E-state index is -0.381. The van der Waals surface area contributed by atoms with Crippen molar-refractivity contribution in [3.63, 3.8) is 0 Å². The van der Waals surface area contributed by atoms with Crippen LogP contribution < -0.4 is 0 Å². The fraction of sp³-hybridized carbons (Fsp3) is 0.800. The minimum Gasteiger partial charge on any atom is -0.392 e. The third-order valence-corrected chi connectivity index (χ3v) is 5.04. The molecule has 1 fully saturated rings. The molecule has 0 amide bonds. The van der Waals surface area contributed by atoms with Gasteiger partial charge in [0.1, 0.15) is 0 Å². The number of rotatable bonds is 0. The zero-order valence-electron chi connectivity index (χ0n) is 11.4. The number of Topliss-reactive ketones (excluding diaryl/α,β-unsaturated/α-hetero) is 1. The Bertz CT molecular complexity index is 367. The van der Waals surface area contributed by atoms with Crippen molar-refractivity contribution in [3.05, 3.63) is 11.6 Å². The van der Waals surface area contributed by atoms with Crippen LogP contribution in [0.1, 0.15) is 53.4 Å². The molecule has 0 spiro atoms. The largest absolute Gasteiger partial charge is 0.392 e. The van der Waals surface area contributed by atoms with Gasteiger partial charge in [-0.25, -0.2) is 0 Å². The molecule has 96 valence electrons. The van der Waals surface area contributed by atoms with Crippen molar-refractivity contribution in [1.82, 2.24) is 0 Å². The monoisotopic (exact) mass is 236 g/mol. The van der Waals surface area contributed by atoms with Crippen molar-refractivity contribution >= 4 is 5.78 Å². The third kappa shape index (κ3) is 1.87. The lowest BCUT2D eigenvalue weighted by Crippen LogP contribution is -2.51. The lowest BCUT2D eigenvalue weighted by Gasteiger charge is -2.51. The highest BCUT2D eigenvalue weighted by molar-refractivity contribution is 5.98. The molecule has 1 N–H and O–H groups in total. The van der Waals surface area contributed by atoms with E-state index < -0.39 is 0 Å². The van der Waals surface area contributed by atoms with Gasteiger partial charge < -0.3 is 5.11 Å². The van der Waals surface area contributed by atoms with Crippen LogP contribution in [0.4, 0.5) is 0 Å². The summed E-state index contributed by atoms with van der Waals surface area (Å²) in [6, 6.07) is 0. The fourth-order valence-electron chi connectivity index (χ4n) is 4.01. The number of hydrogen-bond acceptors (Lipinski definition) is 2. The summed E-state index contributed by atoms with van der Waals surface area (Å²) in [5.41, 5.74) is 0.602. The van der Waals surface area contributed by atoms with Crippen LogP contribution in [0.2, 0.25) is 0 Å². The molecule has 3 atom stereocenters. The van der Waals surface area contributed by atoms with E-state index in [1.165, 1.54) is 0 Å². The van der Waals surface area contributed by atoms with Gasteiger partial charge in [0.2, 0.25) is 0 Å². The van der Waals surface area contributed by atoms with Gasteiger partial charge in [-0.1, -0.05) is 33.3 Å². The van der Waals surface area contributed by atoms with Gasteiger partial charge in [-0.05, 0) is 37.2 Å². The Morgan fingerprint density at radius 1 is 1.29 bits per heavy atom. The molecule has 17 heavy (non-hydrogen) atoms. The highest BCUT2D eigenvalue weighted by atomic mass is 16.3. The zero-order chi connectivity index (χ0) is 12.8. The predicted molar refractivity (Wildman–Crippen MR) is 68.6 cm³/mol. The molecule has 0 saturated heterocycles. The maximum Gasteiger partial charge on any atom is 0.162 e. The highest BCUT2D eigenvalue weighted by Gasteiger charge is 2.54. The van der Waals surface area contributed by atoms with Gasteiger partial charge in [0.15, 0.2) is 5.78 Å². The number of carbonyl (C=O) groups is 1. The lowest BCUT2D eigenvalue weighted by molar-refractivity contribution is -0.140. The van der Waals surface area contributed by atoms with Gasteiger partial charge in [0, 0.05) is 11.3 Å². The van der Waals surface area contributed by atoms with Crippen LogP contribution in [0.25, 0.3) is 0 Å². The maximum absolute atomic E-state index is 12.6. The average molecular weight is 236 g/mol. The van der Waals surface area contributed by atoms with Crippen LogP contribution in [0.3, 0.4) is 0 Å². The van der Waals surface area contributed by atoms with Gasteiger partial charge in [-0.3, -0.25) is 4.79 Å². The Morgan fingerprint density at radius 2 is 1.94 bits per heavy atom. The van der Waals surface area contributed by atoms with Gasteiger partial charge in [0.05, 0.1) is 6.10 Å². The van der Waals surface area contributed by atoms with Crippen molar-refractivity contribution < 1.29 is 9.90 Å². The second kappa shape index (κ2) is 3.94. The van der Waals surface area contributed by atoms with Crippen molar-refractivity contribution in [2.24, 2.45) is 16.7 Å². The molecule has 2 heteroatoms. The van der Waals surface area contributed by atoms with Crippen LogP contribution >= 0.6 is 0 Å². The Kier molecular flexibility index (Phi) is 2.97. The third-order valence-electron chi connectivity index (χ3n) is 5.04. The average Bonchev–Trinajstić information content (AvgIpc) is 2.30. The molecule has 0 radical (unpaired) electrons. The van der Waals surface area contributed by atoms with Gasteiger partial charge in [-0.2, -0.15) is 0 Å². The molecule has 0 unspecified atom stereocenters. The Labute approximate surface area is 104 Å². The number of fused-ring (bicyclic) bond motifs is 1. The fourth-order valence-corrected chi connectivity index (χ4v) is 4.01. The number of hydrogen-bond donors (Lipinski definition) is 1. The van der Waals surface area contributed by atoms with E-state index in [0.29, 0.717) is 6.42 Å². The van der Waals surface area contributed by atoms with Gasteiger partial charge in [-0.15, -0.1) is 0 Å².